The minimum absolute atomic E-state index is 0.163. The van der Waals surface area contributed by atoms with E-state index in [4.69, 9.17) is 0 Å². The van der Waals surface area contributed by atoms with Gasteiger partial charge in [-0.25, -0.2) is 0 Å². The number of rotatable bonds is 3. The topological polar surface area (TPSA) is 50.3 Å². The van der Waals surface area contributed by atoms with E-state index in [0.717, 1.165) is 22.6 Å². The van der Waals surface area contributed by atoms with Gasteiger partial charge in [-0.2, -0.15) is 15.1 Å². The van der Waals surface area contributed by atoms with Crippen LogP contribution in [0.15, 0.2) is 18.2 Å². The summed E-state index contributed by atoms with van der Waals surface area (Å²) in [4.78, 5) is 13.0. The second-order valence-electron chi connectivity index (χ2n) is 5.11. The molecule has 1 aliphatic rings. The molecule has 1 unspecified atom stereocenters. The van der Waals surface area contributed by atoms with Crippen LogP contribution in [0.2, 0.25) is 0 Å². The number of nitro groups is 1. The van der Waals surface area contributed by atoms with Crippen molar-refractivity contribution in [3.05, 3.63) is 33.3 Å². The third-order valence-electron chi connectivity index (χ3n) is 3.79. The summed E-state index contributed by atoms with van der Waals surface area (Å²) in [5, 5.41) is 14.4. The molecule has 0 spiro atoms. The van der Waals surface area contributed by atoms with Gasteiger partial charge in [0.15, 0.2) is 0 Å². The van der Waals surface area contributed by atoms with E-state index in [1.807, 2.05) is 13.1 Å². The molecule has 0 saturated carbocycles. The monoisotopic (exact) mass is 324 g/mol. The predicted molar refractivity (Wildman–Crippen MR) is 89.4 cm³/mol. The average molecular weight is 324 g/mol. The highest BCUT2D eigenvalue weighted by Crippen LogP contribution is 2.27. The van der Waals surface area contributed by atoms with E-state index in [0.29, 0.717) is 10.5 Å². The number of benzene rings is 1. The van der Waals surface area contributed by atoms with Crippen molar-refractivity contribution in [2.24, 2.45) is 7.05 Å². The van der Waals surface area contributed by atoms with Gasteiger partial charge < -0.3 is 0 Å². The molecule has 1 atom stereocenters. The normalized spacial score (nSPS) is 19.6. The molecule has 0 radical (unpaired) electrons. The van der Waals surface area contributed by atoms with Crippen molar-refractivity contribution >= 4 is 43.1 Å². The number of thiazole rings is 1. The summed E-state index contributed by atoms with van der Waals surface area (Å²) in [6.45, 7) is 4.49. The zero-order chi connectivity index (χ0) is 15.0. The quantitative estimate of drug-likeness (QED) is 0.377. The molecule has 21 heavy (non-hydrogen) atoms. The molecule has 112 valence electrons. The van der Waals surface area contributed by atoms with E-state index in [1.54, 1.807) is 23.5 Å². The maximum Gasteiger partial charge on any atom is 0.271 e. The van der Waals surface area contributed by atoms with Gasteiger partial charge in [0, 0.05) is 41.7 Å². The summed E-state index contributed by atoms with van der Waals surface area (Å²) in [6, 6.07) is 5.10. The van der Waals surface area contributed by atoms with Crippen LogP contribution in [0, 0.1) is 10.1 Å². The van der Waals surface area contributed by atoms with Gasteiger partial charge in [0.25, 0.3) is 10.7 Å². The highest BCUT2D eigenvalue weighted by Gasteiger charge is 2.20. The van der Waals surface area contributed by atoms with Crippen LogP contribution < -0.4 is 4.57 Å². The maximum atomic E-state index is 10.9. The lowest BCUT2D eigenvalue weighted by molar-refractivity contribution is -0.641. The molecule has 0 amide bonds. The molecule has 1 aliphatic heterocycles. The fourth-order valence-electron chi connectivity index (χ4n) is 2.48. The Hall–Kier alpha value is -1.31. The van der Waals surface area contributed by atoms with E-state index in [1.165, 1.54) is 17.3 Å². The largest absolute Gasteiger partial charge is 0.294 e. The first kappa shape index (κ1) is 14.6. The maximum absolute atomic E-state index is 10.9. The summed E-state index contributed by atoms with van der Waals surface area (Å²) in [5.41, 5.74) is 1.23. The Kier molecular flexibility index (Phi) is 4.05. The number of nitro benzene ring substituents is 1. The molecule has 5 nitrogen and oxygen atoms in total. The number of non-ortho nitro benzene ring substituents is 1. The minimum Gasteiger partial charge on any atom is -0.294 e. The van der Waals surface area contributed by atoms with Gasteiger partial charge in [0.1, 0.15) is 11.7 Å². The van der Waals surface area contributed by atoms with Crippen LogP contribution >= 0.6 is 21.8 Å². The summed E-state index contributed by atoms with van der Waals surface area (Å²) in [7, 11) is 2.33. The van der Waals surface area contributed by atoms with Gasteiger partial charge in [0.05, 0.1) is 4.92 Å². The number of aryl methyl sites for hydroxylation is 1. The SMILES string of the molecule is CCN1CC/S(=C\c2sc3cc([N+](=O)[O-])ccc3[n+]2C)C1. The van der Waals surface area contributed by atoms with E-state index < -0.39 is 0 Å². The molecule has 1 aromatic heterocycles. The number of nitrogens with zero attached hydrogens (tertiary/aromatic N) is 3. The summed E-state index contributed by atoms with van der Waals surface area (Å²) in [6.07, 6.45) is 0. The van der Waals surface area contributed by atoms with Crippen LogP contribution in [0.4, 0.5) is 5.69 Å². The van der Waals surface area contributed by atoms with Crippen molar-refractivity contribution in [1.82, 2.24) is 4.90 Å². The highest BCUT2D eigenvalue weighted by molar-refractivity contribution is 8.15. The molecule has 2 heterocycles. The summed E-state index contributed by atoms with van der Waals surface area (Å²) < 4.78 is 3.12. The molecular formula is C14H18N3O2S2+. The van der Waals surface area contributed by atoms with E-state index >= 15 is 0 Å². The molecule has 3 rings (SSSR count). The Morgan fingerprint density at radius 3 is 3.05 bits per heavy atom. The lowest BCUT2D eigenvalue weighted by Gasteiger charge is -2.08. The molecule has 1 saturated heterocycles. The van der Waals surface area contributed by atoms with Crippen molar-refractivity contribution in [1.29, 1.82) is 0 Å². The standard InChI is InChI=1S/C14H18N3O2S2/c1-3-16-6-7-21(10-16)9-14-15(2)12-5-4-11(17(18)19)8-13(12)20-14/h4-5,8-9H,3,6-7,10H2,1-2H3/q+1. The first-order valence-electron chi connectivity index (χ1n) is 6.89. The lowest BCUT2D eigenvalue weighted by Crippen LogP contribution is -2.30. The Labute approximate surface area is 129 Å². The Balaban J connectivity index is 1.98. The van der Waals surface area contributed by atoms with Gasteiger partial charge in [-0.15, -0.1) is 0 Å². The van der Waals surface area contributed by atoms with Gasteiger partial charge >= 0.3 is 0 Å². The van der Waals surface area contributed by atoms with Gasteiger partial charge in [0.2, 0.25) is 5.52 Å². The van der Waals surface area contributed by atoms with Crippen molar-refractivity contribution in [2.75, 3.05) is 24.7 Å². The van der Waals surface area contributed by atoms with Gasteiger partial charge in [-0.3, -0.25) is 15.0 Å². The number of hydrogen-bond acceptors (Lipinski definition) is 4. The molecule has 1 fully saturated rings. The molecule has 1 aromatic carbocycles. The van der Waals surface area contributed by atoms with Crippen LogP contribution in [-0.4, -0.2) is 39.9 Å². The van der Waals surface area contributed by atoms with Crippen LogP contribution in [-0.2, 0) is 7.05 Å². The first-order chi connectivity index (χ1) is 10.1. The van der Waals surface area contributed by atoms with E-state index in [-0.39, 0.29) is 10.6 Å². The number of aromatic nitrogens is 1. The molecule has 0 N–H and O–H groups in total. The van der Waals surface area contributed by atoms with E-state index in [2.05, 4.69) is 21.8 Å². The third kappa shape index (κ3) is 2.86. The molecule has 0 bridgehead atoms. The highest BCUT2D eigenvalue weighted by atomic mass is 32.2. The third-order valence-corrected chi connectivity index (χ3v) is 7.05. The van der Waals surface area contributed by atoms with Crippen LogP contribution in [0.25, 0.3) is 10.2 Å². The first-order valence-corrected chi connectivity index (χ1v) is 9.33. The van der Waals surface area contributed by atoms with Crippen molar-refractivity contribution < 1.29 is 9.49 Å². The molecule has 2 aromatic rings. The van der Waals surface area contributed by atoms with Crippen molar-refractivity contribution in [2.45, 2.75) is 6.92 Å². The van der Waals surface area contributed by atoms with Crippen LogP contribution in [0.1, 0.15) is 11.9 Å². The number of fused-ring (bicyclic) bond motifs is 1. The van der Waals surface area contributed by atoms with Crippen LogP contribution in [0.5, 0.6) is 0 Å². The second-order valence-corrected chi connectivity index (χ2v) is 8.15. The van der Waals surface area contributed by atoms with Gasteiger partial charge in [-0.1, -0.05) is 18.3 Å². The van der Waals surface area contributed by atoms with Crippen LogP contribution in [0.3, 0.4) is 0 Å². The number of hydrogen-bond donors (Lipinski definition) is 0. The lowest BCUT2D eigenvalue weighted by atomic mass is 10.3. The molecular weight excluding hydrogens is 306 g/mol. The second kappa shape index (κ2) is 5.82. The van der Waals surface area contributed by atoms with Crippen molar-refractivity contribution in [3.63, 3.8) is 0 Å². The fraction of sp³-hybridized carbons (Fsp3) is 0.429. The Morgan fingerprint density at radius 2 is 2.38 bits per heavy atom. The van der Waals surface area contributed by atoms with E-state index in [9.17, 15) is 10.1 Å². The van der Waals surface area contributed by atoms with Crippen molar-refractivity contribution in [3.8, 4) is 0 Å². The summed E-state index contributed by atoms with van der Waals surface area (Å²) in [5.74, 6) is 2.37. The zero-order valence-corrected chi connectivity index (χ0v) is 13.7. The molecule has 0 aliphatic carbocycles. The fourth-order valence-corrected chi connectivity index (χ4v) is 6.06. The minimum atomic E-state index is -0.333. The van der Waals surface area contributed by atoms with Gasteiger partial charge in [-0.05, 0) is 6.54 Å². The Morgan fingerprint density at radius 1 is 1.57 bits per heavy atom. The predicted octanol–water partition coefficient (Wildman–Crippen LogP) is 2.35. The Bertz CT molecular complexity index is 739. The summed E-state index contributed by atoms with van der Waals surface area (Å²) >= 11 is 1.64. The average Bonchev–Trinajstić information content (AvgIpc) is 3.04. The molecule has 7 heteroatoms. The smallest absolute Gasteiger partial charge is 0.271 e. The zero-order valence-electron chi connectivity index (χ0n) is 12.1.